The standard InChI is InChI=1S/C19H15N3O3/c23-22(24)19-12-5-4-11-18(19)21-20-14-15-7-6-10-17(13-15)25-16-8-2-1-3-9-16/h1-14,21H/b20-14+. The van der Waals surface area contributed by atoms with Gasteiger partial charge in [0.15, 0.2) is 0 Å². The van der Waals surface area contributed by atoms with E-state index in [4.69, 9.17) is 4.74 Å². The second-order valence-corrected chi connectivity index (χ2v) is 5.13. The molecule has 0 fully saturated rings. The summed E-state index contributed by atoms with van der Waals surface area (Å²) in [5.74, 6) is 1.43. The normalized spacial score (nSPS) is 10.6. The SMILES string of the molecule is O=[N+]([O-])c1ccccc1N/N=C/c1cccc(Oc2ccccc2)c1. The Balaban J connectivity index is 1.70. The van der Waals surface area contributed by atoms with E-state index in [2.05, 4.69) is 10.5 Å². The lowest BCUT2D eigenvalue weighted by atomic mass is 10.2. The third kappa shape index (κ3) is 4.42. The number of para-hydroxylation sites is 3. The van der Waals surface area contributed by atoms with Crippen LogP contribution in [0.1, 0.15) is 5.56 Å². The molecule has 6 heteroatoms. The fourth-order valence-corrected chi connectivity index (χ4v) is 2.19. The van der Waals surface area contributed by atoms with Gasteiger partial charge in [-0.3, -0.25) is 15.5 Å². The quantitative estimate of drug-likeness (QED) is 0.398. The van der Waals surface area contributed by atoms with Crippen molar-refractivity contribution in [2.24, 2.45) is 5.10 Å². The van der Waals surface area contributed by atoms with Gasteiger partial charge in [0, 0.05) is 6.07 Å². The molecule has 0 aliphatic carbocycles. The molecule has 3 aromatic carbocycles. The van der Waals surface area contributed by atoms with Crippen LogP contribution in [0, 0.1) is 10.1 Å². The topological polar surface area (TPSA) is 76.8 Å². The third-order valence-electron chi connectivity index (χ3n) is 3.34. The summed E-state index contributed by atoms with van der Waals surface area (Å²) in [6, 6.07) is 23.2. The maximum atomic E-state index is 11.0. The highest BCUT2D eigenvalue weighted by Crippen LogP contribution is 2.23. The van der Waals surface area contributed by atoms with Crippen LogP contribution in [-0.4, -0.2) is 11.1 Å². The average Bonchev–Trinajstić information content (AvgIpc) is 2.63. The third-order valence-corrected chi connectivity index (χ3v) is 3.34. The second kappa shape index (κ2) is 7.74. The molecule has 0 aliphatic rings. The van der Waals surface area contributed by atoms with E-state index >= 15 is 0 Å². The summed E-state index contributed by atoms with van der Waals surface area (Å²) < 4.78 is 5.76. The number of anilines is 1. The fourth-order valence-electron chi connectivity index (χ4n) is 2.19. The van der Waals surface area contributed by atoms with Crippen molar-refractivity contribution in [3.8, 4) is 11.5 Å². The summed E-state index contributed by atoms with van der Waals surface area (Å²) in [7, 11) is 0. The molecule has 3 rings (SSSR count). The summed E-state index contributed by atoms with van der Waals surface area (Å²) in [6.45, 7) is 0. The highest BCUT2D eigenvalue weighted by atomic mass is 16.6. The van der Waals surface area contributed by atoms with Crippen LogP contribution in [0.4, 0.5) is 11.4 Å². The van der Waals surface area contributed by atoms with Crippen LogP contribution in [0.25, 0.3) is 0 Å². The highest BCUT2D eigenvalue weighted by molar-refractivity contribution is 5.81. The van der Waals surface area contributed by atoms with E-state index in [0.29, 0.717) is 11.4 Å². The second-order valence-electron chi connectivity index (χ2n) is 5.13. The van der Waals surface area contributed by atoms with Crippen LogP contribution >= 0.6 is 0 Å². The van der Waals surface area contributed by atoms with Gasteiger partial charge >= 0.3 is 0 Å². The Kier molecular flexibility index (Phi) is 5.01. The fraction of sp³-hybridized carbons (Fsp3) is 0. The lowest BCUT2D eigenvalue weighted by Gasteiger charge is -2.06. The first-order valence-corrected chi connectivity index (χ1v) is 7.58. The Morgan fingerprint density at radius 2 is 1.64 bits per heavy atom. The maximum absolute atomic E-state index is 11.0. The van der Waals surface area contributed by atoms with Crippen LogP contribution in [-0.2, 0) is 0 Å². The summed E-state index contributed by atoms with van der Waals surface area (Å²) in [5, 5.41) is 15.0. The van der Waals surface area contributed by atoms with Crippen LogP contribution in [0.15, 0.2) is 84.0 Å². The average molecular weight is 333 g/mol. The highest BCUT2D eigenvalue weighted by Gasteiger charge is 2.10. The first-order chi connectivity index (χ1) is 12.2. The van der Waals surface area contributed by atoms with Gasteiger partial charge < -0.3 is 4.74 Å². The Hall–Kier alpha value is -3.67. The molecule has 0 bridgehead atoms. The molecule has 0 aliphatic heterocycles. The van der Waals surface area contributed by atoms with E-state index in [-0.39, 0.29) is 5.69 Å². The Morgan fingerprint density at radius 3 is 2.44 bits per heavy atom. The number of hydrazone groups is 1. The monoisotopic (exact) mass is 333 g/mol. The number of ether oxygens (including phenoxy) is 1. The van der Waals surface area contributed by atoms with Crippen molar-refractivity contribution >= 4 is 17.6 Å². The van der Waals surface area contributed by atoms with Gasteiger partial charge in [-0.1, -0.05) is 42.5 Å². The van der Waals surface area contributed by atoms with Crippen molar-refractivity contribution < 1.29 is 9.66 Å². The van der Waals surface area contributed by atoms with Crippen LogP contribution < -0.4 is 10.2 Å². The molecule has 6 nitrogen and oxygen atoms in total. The molecule has 0 heterocycles. The summed E-state index contributed by atoms with van der Waals surface area (Å²) >= 11 is 0. The number of hydrogen-bond acceptors (Lipinski definition) is 5. The zero-order chi connectivity index (χ0) is 17.5. The Bertz CT molecular complexity index is 895. The Labute approximate surface area is 144 Å². The number of hydrogen-bond donors (Lipinski definition) is 1. The molecule has 0 saturated heterocycles. The summed E-state index contributed by atoms with van der Waals surface area (Å²) in [6.07, 6.45) is 1.58. The molecular formula is C19H15N3O3. The molecule has 0 atom stereocenters. The minimum Gasteiger partial charge on any atom is -0.457 e. The lowest BCUT2D eigenvalue weighted by Crippen LogP contribution is -1.96. The van der Waals surface area contributed by atoms with E-state index in [0.717, 1.165) is 11.3 Å². The van der Waals surface area contributed by atoms with Gasteiger partial charge in [-0.15, -0.1) is 0 Å². The summed E-state index contributed by atoms with van der Waals surface area (Å²) in [4.78, 5) is 10.5. The van der Waals surface area contributed by atoms with Gasteiger partial charge in [-0.2, -0.15) is 5.10 Å². The number of benzene rings is 3. The minimum absolute atomic E-state index is 0.0270. The molecule has 0 aromatic heterocycles. The first kappa shape index (κ1) is 16.2. The smallest absolute Gasteiger partial charge is 0.294 e. The van der Waals surface area contributed by atoms with Gasteiger partial charge in [0.1, 0.15) is 17.2 Å². The predicted octanol–water partition coefficient (Wildman–Crippen LogP) is 4.83. The number of nitrogens with one attached hydrogen (secondary N) is 1. The summed E-state index contributed by atoms with van der Waals surface area (Å²) in [5.41, 5.74) is 3.81. The molecule has 25 heavy (non-hydrogen) atoms. The molecule has 3 aromatic rings. The van der Waals surface area contributed by atoms with E-state index < -0.39 is 4.92 Å². The molecule has 0 unspecified atom stereocenters. The van der Waals surface area contributed by atoms with Crippen LogP contribution in [0.2, 0.25) is 0 Å². The Morgan fingerprint density at radius 1 is 0.920 bits per heavy atom. The van der Waals surface area contributed by atoms with Crippen molar-refractivity contribution in [2.45, 2.75) is 0 Å². The van der Waals surface area contributed by atoms with Crippen molar-refractivity contribution in [1.82, 2.24) is 0 Å². The van der Waals surface area contributed by atoms with E-state index in [1.165, 1.54) is 6.07 Å². The van der Waals surface area contributed by atoms with Crippen molar-refractivity contribution in [2.75, 3.05) is 5.43 Å². The van der Waals surface area contributed by atoms with Crippen molar-refractivity contribution in [3.05, 3.63) is 94.5 Å². The molecule has 1 N–H and O–H groups in total. The van der Waals surface area contributed by atoms with Gasteiger partial charge in [-0.25, -0.2) is 0 Å². The molecule has 124 valence electrons. The van der Waals surface area contributed by atoms with E-state index in [1.807, 2.05) is 54.6 Å². The van der Waals surface area contributed by atoms with E-state index in [9.17, 15) is 10.1 Å². The lowest BCUT2D eigenvalue weighted by molar-refractivity contribution is -0.384. The zero-order valence-corrected chi connectivity index (χ0v) is 13.2. The minimum atomic E-state index is -0.452. The number of nitrogens with zero attached hydrogens (tertiary/aromatic N) is 2. The number of nitro groups is 1. The maximum Gasteiger partial charge on any atom is 0.294 e. The van der Waals surface area contributed by atoms with Crippen LogP contribution in [0.5, 0.6) is 11.5 Å². The largest absolute Gasteiger partial charge is 0.457 e. The molecular weight excluding hydrogens is 318 g/mol. The first-order valence-electron chi connectivity index (χ1n) is 7.58. The van der Waals surface area contributed by atoms with Crippen molar-refractivity contribution in [1.29, 1.82) is 0 Å². The van der Waals surface area contributed by atoms with Gasteiger partial charge in [0.2, 0.25) is 0 Å². The number of rotatable bonds is 6. The molecule has 0 saturated carbocycles. The van der Waals surface area contributed by atoms with Crippen LogP contribution in [0.3, 0.4) is 0 Å². The van der Waals surface area contributed by atoms with Gasteiger partial charge in [-0.05, 0) is 35.9 Å². The number of nitro benzene ring substituents is 1. The van der Waals surface area contributed by atoms with Gasteiger partial charge in [0.25, 0.3) is 5.69 Å². The molecule has 0 radical (unpaired) electrons. The zero-order valence-electron chi connectivity index (χ0n) is 13.2. The molecule has 0 spiro atoms. The van der Waals surface area contributed by atoms with E-state index in [1.54, 1.807) is 24.4 Å². The molecule has 0 amide bonds. The van der Waals surface area contributed by atoms with Gasteiger partial charge in [0.05, 0.1) is 11.1 Å². The predicted molar refractivity (Wildman–Crippen MR) is 97.3 cm³/mol. The van der Waals surface area contributed by atoms with Crippen molar-refractivity contribution in [3.63, 3.8) is 0 Å².